The Hall–Kier alpha value is -2.55. The van der Waals surface area contributed by atoms with E-state index in [-0.39, 0.29) is 0 Å². The Morgan fingerprint density at radius 2 is 1.56 bits per heavy atom. The number of aryl methyl sites for hydroxylation is 1. The normalized spacial score (nSPS) is 15.3. The number of hydrogen-bond acceptors (Lipinski definition) is 5. The predicted octanol–water partition coefficient (Wildman–Crippen LogP) is 3.20. The van der Waals surface area contributed by atoms with E-state index in [2.05, 4.69) is 34.9 Å². The van der Waals surface area contributed by atoms with Gasteiger partial charge in [-0.05, 0) is 47.9 Å². The lowest BCUT2D eigenvalue weighted by molar-refractivity contribution is 0.122. The second kappa shape index (κ2) is 8.90. The highest BCUT2D eigenvalue weighted by molar-refractivity contribution is 5.47. The first-order valence-electron chi connectivity index (χ1n) is 9.28. The van der Waals surface area contributed by atoms with Gasteiger partial charge in [0.15, 0.2) is 11.5 Å². The summed E-state index contributed by atoms with van der Waals surface area (Å²) in [4.78, 5) is 4.94. The molecule has 2 aromatic rings. The van der Waals surface area contributed by atoms with Gasteiger partial charge in [0.05, 0.1) is 25.9 Å². The van der Waals surface area contributed by atoms with E-state index in [1.807, 2.05) is 24.3 Å². The molecule has 0 bridgehead atoms. The zero-order chi connectivity index (χ0) is 19.2. The highest BCUT2D eigenvalue weighted by atomic mass is 16.5. The minimum Gasteiger partial charge on any atom is -0.493 e. The van der Waals surface area contributed by atoms with Crippen molar-refractivity contribution in [3.63, 3.8) is 0 Å². The molecule has 0 unspecified atom stereocenters. The average molecular weight is 365 g/mol. The fraction of sp³-hybridized carbons (Fsp3) is 0.409. The first kappa shape index (κ1) is 19.2. The first-order chi connectivity index (χ1) is 13.1. The molecule has 5 heteroatoms. The molecule has 27 heavy (non-hydrogen) atoms. The Balaban J connectivity index is 1.57. The molecule has 1 saturated heterocycles. The molecule has 0 atom stereocenters. The molecule has 1 fully saturated rings. The zero-order valence-corrected chi connectivity index (χ0v) is 16.4. The van der Waals surface area contributed by atoms with Crippen LogP contribution in [-0.4, -0.2) is 50.2 Å². The summed E-state index contributed by atoms with van der Waals surface area (Å²) < 4.78 is 10.8. The molecule has 1 aliphatic heterocycles. The Labute approximate surface area is 161 Å². The van der Waals surface area contributed by atoms with Crippen LogP contribution in [-0.2, 0) is 13.1 Å². The highest BCUT2D eigenvalue weighted by Gasteiger charge is 2.19. The van der Waals surface area contributed by atoms with Crippen molar-refractivity contribution < 1.29 is 9.47 Å². The molecule has 3 rings (SSSR count). The van der Waals surface area contributed by atoms with Crippen LogP contribution in [0.15, 0.2) is 36.4 Å². The largest absolute Gasteiger partial charge is 0.493 e. The Morgan fingerprint density at radius 3 is 2.19 bits per heavy atom. The quantitative estimate of drug-likeness (QED) is 0.787. The summed E-state index contributed by atoms with van der Waals surface area (Å²) in [5, 5.41) is 9.05. The van der Waals surface area contributed by atoms with Gasteiger partial charge in [-0.25, -0.2) is 0 Å². The molecule has 0 aromatic heterocycles. The molecule has 0 N–H and O–H groups in total. The van der Waals surface area contributed by atoms with Crippen LogP contribution in [0.25, 0.3) is 0 Å². The van der Waals surface area contributed by atoms with Crippen molar-refractivity contribution in [2.75, 3.05) is 40.4 Å². The van der Waals surface area contributed by atoms with Crippen LogP contribution in [0.3, 0.4) is 0 Å². The maximum absolute atomic E-state index is 9.05. The molecule has 0 radical (unpaired) electrons. The minimum absolute atomic E-state index is 0.732. The van der Waals surface area contributed by atoms with Crippen molar-refractivity contribution in [3.05, 3.63) is 58.7 Å². The van der Waals surface area contributed by atoms with Gasteiger partial charge in [-0.15, -0.1) is 0 Å². The number of hydrogen-bond donors (Lipinski definition) is 0. The van der Waals surface area contributed by atoms with E-state index in [0.717, 1.165) is 56.3 Å². The number of benzene rings is 2. The summed E-state index contributed by atoms with van der Waals surface area (Å²) in [7, 11) is 3.35. The van der Waals surface area contributed by atoms with Gasteiger partial charge in [-0.1, -0.05) is 12.1 Å². The number of methoxy groups -OCH3 is 2. The van der Waals surface area contributed by atoms with Gasteiger partial charge in [0.1, 0.15) is 0 Å². The van der Waals surface area contributed by atoms with Crippen molar-refractivity contribution in [3.8, 4) is 17.6 Å². The topological polar surface area (TPSA) is 48.7 Å². The fourth-order valence-corrected chi connectivity index (χ4v) is 3.54. The van der Waals surface area contributed by atoms with Crippen LogP contribution >= 0.6 is 0 Å². The van der Waals surface area contributed by atoms with E-state index in [1.54, 1.807) is 14.2 Å². The van der Waals surface area contributed by atoms with E-state index in [0.29, 0.717) is 0 Å². The van der Waals surface area contributed by atoms with Crippen LogP contribution in [0.4, 0.5) is 0 Å². The molecule has 142 valence electrons. The third-order valence-electron chi connectivity index (χ3n) is 5.16. The van der Waals surface area contributed by atoms with Crippen LogP contribution in [0, 0.1) is 18.3 Å². The molecule has 2 aromatic carbocycles. The molecular formula is C22H27N3O2. The van der Waals surface area contributed by atoms with Crippen molar-refractivity contribution in [1.82, 2.24) is 9.80 Å². The van der Waals surface area contributed by atoms with Crippen molar-refractivity contribution in [2.45, 2.75) is 20.0 Å². The molecular weight excluding hydrogens is 338 g/mol. The lowest BCUT2D eigenvalue weighted by Gasteiger charge is -2.35. The van der Waals surface area contributed by atoms with E-state index in [1.165, 1.54) is 16.7 Å². The summed E-state index contributed by atoms with van der Waals surface area (Å²) in [5.41, 5.74) is 4.44. The molecule has 0 spiro atoms. The van der Waals surface area contributed by atoms with Crippen molar-refractivity contribution in [1.29, 1.82) is 5.26 Å². The summed E-state index contributed by atoms with van der Waals surface area (Å²) >= 11 is 0. The van der Waals surface area contributed by atoms with Gasteiger partial charge in [0.25, 0.3) is 0 Å². The lowest BCUT2D eigenvalue weighted by Crippen LogP contribution is -2.45. The number of ether oxygens (including phenoxy) is 2. The van der Waals surface area contributed by atoms with Crippen LogP contribution in [0.1, 0.15) is 22.3 Å². The monoisotopic (exact) mass is 365 g/mol. The van der Waals surface area contributed by atoms with Crippen molar-refractivity contribution >= 4 is 0 Å². The average Bonchev–Trinajstić information content (AvgIpc) is 2.70. The molecule has 0 saturated carbocycles. The van der Waals surface area contributed by atoms with E-state index >= 15 is 0 Å². The SMILES string of the molecule is COc1cc(C)c(CN2CCN(Cc3cccc(C#N)c3)CC2)cc1OC. The van der Waals surface area contributed by atoms with Crippen LogP contribution < -0.4 is 9.47 Å². The molecule has 1 aliphatic rings. The number of nitriles is 1. The lowest BCUT2D eigenvalue weighted by atomic mass is 10.1. The molecule has 5 nitrogen and oxygen atoms in total. The molecule has 0 aliphatic carbocycles. The second-order valence-electron chi connectivity index (χ2n) is 7.00. The Bertz CT molecular complexity index is 821. The Kier molecular flexibility index (Phi) is 6.33. The van der Waals surface area contributed by atoms with E-state index < -0.39 is 0 Å². The summed E-state index contributed by atoms with van der Waals surface area (Å²) in [6.45, 7) is 8.07. The third-order valence-corrected chi connectivity index (χ3v) is 5.16. The second-order valence-corrected chi connectivity index (χ2v) is 7.00. The van der Waals surface area contributed by atoms with E-state index in [4.69, 9.17) is 14.7 Å². The van der Waals surface area contributed by atoms with Gasteiger partial charge in [-0.2, -0.15) is 5.26 Å². The van der Waals surface area contributed by atoms with E-state index in [9.17, 15) is 0 Å². The maximum atomic E-state index is 9.05. The molecule has 0 amide bonds. The van der Waals surface area contributed by atoms with Gasteiger partial charge < -0.3 is 9.47 Å². The standard InChI is InChI=1S/C22H27N3O2/c1-17-11-21(26-2)22(27-3)13-20(17)16-25-9-7-24(8-10-25)15-19-6-4-5-18(12-19)14-23/h4-6,11-13H,7-10,15-16H2,1-3H3. The smallest absolute Gasteiger partial charge is 0.161 e. The zero-order valence-electron chi connectivity index (χ0n) is 16.4. The predicted molar refractivity (Wildman–Crippen MR) is 106 cm³/mol. The maximum Gasteiger partial charge on any atom is 0.161 e. The summed E-state index contributed by atoms with van der Waals surface area (Å²) in [6, 6.07) is 14.3. The fourth-order valence-electron chi connectivity index (χ4n) is 3.54. The van der Waals surface area contributed by atoms with Crippen molar-refractivity contribution in [2.24, 2.45) is 0 Å². The number of nitrogens with zero attached hydrogens (tertiary/aromatic N) is 3. The number of piperazine rings is 1. The third kappa shape index (κ3) is 4.79. The van der Waals surface area contributed by atoms with Gasteiger partial charge in [-0.3, -0.25) is 9.80 Å². The minimum atomic E-state index is 0.732. The highest BCUT2D eigenvalue weighted by Crippen LogP contribution is 2.31. The summed E-state index contributed by atoms with van der Waals surface area (Å²) in [5.74, 6) is 1.57. The first-order valence-corrected chi connectivity index (χ1v) is 9.28. The van der Waals surface area contributed by atoms with Gasteiger partial charge >= 0.3 is 0 Å². The Morgan fingerprint density at radius 1 is 0.926 bits per heavy atom. The van der Waals surface area contributed by atoms with Gasteiger partial charge in [0.2, 0.25) is 0 Å². The summed E-state index contributed by atoms with van der Waals surface area (Å²) in [6.07, 6.45) is 0. The van der Waals surface area contributed by atoms with Crippen LogP contribution in [0.5, 0.6) is 11.5 Å². The van der Waals surface area contributed by atoms with Gasteiger partial charge in [0, 0.05) is 39.3 Å². The number of rotatable bonds is 6. The molecule has 1 heterocycles. The van der Waals surface area contributed by atoms with Crippen LogP contribution in [0.2, 0.25) is 0 Å².